The molecule has 1 saturated carbocycles. The van der Waals surface area contributed by atoms with E-state index in [4.69, 9.17) is 4.74 Å². The number of aromatic nitrogens is 2. The van der Waals surface area contributed by atoms with Crippen LogP contribution in [0, 0.1) is 0 Å². The van der Waals surface area contributed by atoms with Crippen molar-refractivity contribution in [3.05, 3.63) is 48.3 Å². The van der Waals surface area contributed by atoms with Crippen molar-refractivity contribution < 1.29 is 4.74 Å². The topological polar surface area (TPSA) is 39.1 Å². The van der Waals surface area contributed by atoms with Crippen LogP contribution in [-0.2, 0) is 13.1 Å². The third-order valence-electron chi connectivity index (χ3n) is 3.40. The van der Waals surface area contributed by atoms with Crippen LogP contribution in [0.4, 0.5) is 0 Å². The van der Waals surface area contributed by atoms with Crippen molar-refractivity contribution in [1.29, 1.82) is 0 Å². The highest BCUT2D eigenvalue weighted by molar-refractivity contribution is 5.20. The summed E-state index contributed by atoms with van der Waals surface area (Å²) >= 11 is 0. The minimum absolute atomic E-state index is 0.722. The van der Waals surface area contributed by atoms with E-state index in [-0.39, 0.29) is 0 Å². The van der Waals surface area contributed by atoms with E-state index in [0.29, 0.717) is 0 Å². The highest BCUT2D eigenvalue weighted by Crippen LogP contribution is 2.19. The highest BCUT2D eigenvalue weighted by atomic mass is 16.5. The average Bonchev–Trinajstić information content (AvgIpc) is 3.21. The third-order valence-corrected chi connectivity index (χ3v) is 3.40. The standard InChI is InChI=1S/C16H21N3O/c1-2-5-16(6-3-1)20-10-4-9-19-13-14(12-18-19)11-17-15-7-8-15/h1-3,5-6,12-13,15,17H,4,7-11H2. The molecule has 4 nitrogen and oxygen atoms in total. The van der Waals surface area contributed by atoms with E-state index < -0.39 is 0 Å². The Morgan fingerprint density at radius 3 is 2.90 bits per heavy atom. The van der Waals surface area contributed by atoms with Crippen molar-refractivity contribution in [2.75, 3.05) is 6.61 Å². The van der Waals surface area contributed by atoms with Gasteiger partial charge in [-0.15, -0.1) is 0 Å². The maximum absolute atomic E-state index is 5.67. The zero-order valence-electron chi connectivity index (χ0n) is 11.7. The molecule has 1 aliphatic carbocycles. The summed E-state index contributed by atoms with van der Waals surface area (Å²) in [5.41, 5.74) is 1.26. The van der Waals surface area contributed by atoms with Crippen LogP contribution >= 0.6 is 0 Å². The van der Waals surface area contributed by atoms with Gasteiger partial charge in [0.05, 0.1) is 12.8 Å². The summed E-state index contributed by atoms with van der Waals surface area (Å²) in [6.07, 6.45) is 7.69. The smallest absolute Gasteiger partial charge is 0.119 e. The maximum atomic E-state index is 5.67. The van der Waals surface area contributed by atoms with Gasteiger partial charge in [0, 0.05) is 37.3 Å². The van der Waals surface area contributed by atoms with Gasteiger partial charge in [0.1, 0.15) is 5.75 Å². The summed E-state index contributed by atoms with van der Waals surface area (Å²) < 4.78 is 7.67. The van der Waals surface area contributed by atoms with Gasteiger partial charge in [-0.05, 0) is 25.0 Å². The number of rotatable bonds is 8. The normalized spacial score (nSPS) is 14.4. The molecule has 106 valence electrons. The Morgan fingerprint density at radius 2 is 2.10 bits per heavy atom. The van der Waals surface area contributed by atoms with Crippen LogP contribution in [0.15, 0.2) is 42.7 Å². The number of nitrogens with zero attached hydrogens (tertiary/aromatic N) is 2. The molecule has 4 heteroatoms. The van der Waals surface area contributed by atoms with Gasteiger partial charge in [-0.2, -0.15) is 5.10 Å². The van der Waals surface area contributed by atoms with Gasteiger partial charge in [0.2, 0.25) is 0 Å². The fourth-order valence-electron chi connectivity index (χ4n) is 2.10. The van der Waals surface area contributed by atoms with E-state index >= 15 is 0 Å². The molecule has 1 heterocycles. The summed E-state index contributed by atoms with van der Waals surface area (Å²) in [4.78, 5) is 0. The summed E-state index contributed by atoms with van der Waals surface area (Å²) in [6.45, 7) is 2.56. The van der Waals surface area contributed by atoms with Crippen molar-refractivity contribution in [2.45, 2.75) is 38.4 Å². The minimum Gasteiger partial charge on any atom is -0.494 e. The number of benzene rings is 1. The second kappa shape index (κ2) is 6.57. The van der Waals surface area contributed by atoms with Gasteiger partial charge >= 0.3 is 0 Å². The maximum Gasteiger partial charge on any atom is 0.119 e. The van der Waals surface area contributed by atoms with Crippen LogP contribution in [-0.4, -0.2) is 22.4 Å². The van der Waals surface area contributed by atoms with Gasteiger partial charge in [-0.25, -0.2) is 0 Å². The lowest BCUT2D eigenvalue weighted by atomic mass is 10.3. The summed E-state index contributed by atoms with van der Waals surface area (Å²) in [5, 5.41) is 7.88. The number of aryl methyl sites for hydroxylation is 1. The van der Waals surface area contributed by atoms with Crippen molar-refractivity contribution in [2.24, 2.45) is 0 Å². The first-order valence-electron chi connectivity index (χ1n) is 7.33. The zero-order chi connectivity index (χ0) is 13.6. The Kier molecular flexibility index (Phi) is 4.33. The minimum atomic E-state index is 0.722. The molecular weight excluding hydrogens is 250 g/mol. The zero-order valence-corrected chi connectivity index (χ0v) is 11.7. The van der Waals surface area contributed by atoms with E-state index in [0.717, 1.165) is 37.9 Å². The molecule has 2 aromatic rings. The van der Waals surface area contributed by atoms with Crippen molar-refractivity contribution in [3.8, 4) is 5.75 Å². The molecular formula is C16H21N3O. The van der Waals surface area contributed by atoms with E-state index in [1.165, 1.54) is 18.4 Å². The molecule has 0 aliphatic heterocycles. The first kappa shape index (κ1) is 13.2. The first-order valence-corrected chi connectivity index (χ1v) is 7.33. The van der Waals surface area contributed by atoms with Crippen LogP contribution in [0.5, 0.6) is 5.75 Å². The SMILES string of the molecule is c1ccc(OCCCn2cc(CNC3CC3)cn2)cc1. The molecule has 0 radical (unpaired) electrons. The number of nitrogens with one attached hydrogen (secondary N) is 1. The molecule has 0 atom stereocenters. The largest absolute Gasteiger partial charge is 0.494 e. The van der Waals surface area contributed by atoms with Crippen LogP contribution in [0.25, 0.3) is 0 Å². The van der Waals surface area contributed by atoms with Gasteiger partial charge in [-0.3, -0.25) is 4.68 Å². The Bertz CT molecular complexity index is 520. The second-order valence-corrected chi connectivity index (χ2v) is 5.28. The van der Waals surface area contributed by atoms with Crippen LogP contribution in [0.2, 0.25) is 0 Å². The fraction of sp³-hybridized carbons (Fsp3) is 0.438. The Labute approximate surface area is 119 Å². The van der Waals surface area contributed by atoms with Crippen molar-refractivity contribution in [3.63, 3.8) is 0 Å². The molecule has 0 spiro atoms. The second-order valence-electron chi connectivity index (χ2n) is 5.28. The predicted molar refractivity (Wildman–Crippen MR) is 78.6 cm³/mol. The molecule has 1 aromatic heterocycles. The molecule has 1 N–H and O–H groups in total. The van der Waals surface area contributed by atoms with E-state index in [9.17, 15) is 0 Å². The molecule has 0 saturated heterocycles. The number of hydrogen-bond donors (Lipinski definition) is 1. The summed E-state index contributed by atoms with van der Waals surface area (Å²) in [5.74, 6) is 0.933. The predicted octanol–water partition coefficient (Wildman–Crippen LogP) is 2.60. The summed E-state index contributed by atoms with van der Waals surface area (Å²) in [6, 6.07) is 10.7. The van der Waals surface area contributed by atoms with Gasteiger partial charge in [0.25, 0.3) is 0 Å². The third kappa shape index (κ3) is 4.10. The molecule has 0 bridgehead atoms. The lowest BCUT2D eigenvalue weighted by Crippen LogP contribution is -2.14. The van der Waals surface area contributed by atoms with Gasteiger partial charge in [0.15, 0.2) is 0 Å². The quantitative estimate of drug-likeness (QED) is 0.750. The molecule has 3 rings (SSSR count). The number of hydrogen-bond acceptors (Lipinski definition) is 3. The average molecular weight is 271 g/mol. The van der Waals surface area contributed by atoms with E-state index in [1.807, 2.05) is 41.2 Å². The van der Waals surface area contributed by atoms with Gasteiger partial charge < -0.3 is 10.1 Å². The highest BCUT2D eigenvalue weighted by Gasteiger charge is 2.20. The Morgan fingerprint density at radius 1 is 1.25 bits per heavy atom. The van der Waals surface area contributed by atoms with Crippen LogP contribution in [0.3, 0.4) is 0 Å². The molecule has 20 heavy (non-hydrogen) atoms. The molecule has 1 aliphatic rings. The van der Waals surface area contributed by atoms with E-state index in [1.54, 1.807) is 0 Å². The van der Waals surface area contributed by atoms with Crippen LogP contribution < -0.4 is 10.1 Å². The first-order chi connectivity index (χ1) is 9.90. The van der Waals surface area contributed by atoms with Gasteiger partial charge in [-0.1, -0.05) is 18.2 Å². The summed E-state index contributed by atoms with van der Waals surface area (Å²) in [7, 11) is 0. The monoisotopic (exact) mass is 271 g/mol. The molecule has 0 unspecified atom stereocenters. The van der Waals surface area contributed by atoms with Crippen molar-refractivity contribution >= 4 is 0 Å². The number of para-hydroxylation sites is 1. The Balaban J connectivity index is 1.35. The molecule has 1 aromatic carbocycles. The fourth-order valence-corrected chi connectivity index (χ4v) is 2.10. The molecule has 0 amide bonds. The Hall–Kier alpha value is -1.81. The lowest BCUT2D eigenvalue weighted by Gasteiger charge is -2.05. The van der Waals surface area contributed by atoms with E-state index in [2.05, 4.69) is 16.6 Å². The van der Waals surface area contributed by atoms with Crippen molar-refractivity contribution in [1.82, 2.24) is 15.1 Å². The molecule has 1 fully saturated rings. The van der Waals surface area contributed by atoms with Crippen LogP contribution in [0.1, 0.15) is 24.8 Å². The lowest BCUT2D eigenvalue weighted by molar-refractivity contribution is 0.298. The number of ether oxygens (including phenoxy) is 1.